The Morgan fingerprint density at radius 1 is 1.27 bits per heavy atom. The molecular formula is C14H17N3O4S. The minimum absolute atomic E-state index is 0.197. The number of para-hydroxylation sites is 1. The average molecular weight is 323 g/mol. The number of rotatable bonds is 2. The van der Waals surface area contributed by atoms with Gasteiger partial charge in [0.05, 0.1) is 17.5 Å². The van der Waals surface area contributed by atoms with E-state index in [0.717, 1.165) is 6.26 Å². The number of sulfonamides is 1. The van der Waals surface area contributed by atoms with Gasteiger partial charge in [-0.3, -0.25) is 9.59 Å². The number of nitrogens with zero attached hydrogens (tertiary/aromatic N) is 1. The Labute approximate surface area is 128 Å². The molecule has 1 aromatic carbocycles. The van der Waals surface area contributed by atoms with Crippen molar-refractivity contribution in [2.75, 3.05) is 18.1 Å². The standard InChI is InChI=1S/C14H17N3O4S/c1-22(20,21)16-9-6-7-17-12(8-9)13(18)15-11-5-3-2-4-10(11)14(17)19/h2-5,9,12,16H,6-8H2,1H3,(H,15,18)/t9-,12-/m0/s1. The third-order valence-electron chi connectivity index (χ3n) is 3.96. The first-order chi connectivity index (χ1) is 10.3. The van der Waals surface area contributed by atoms with Crippen molar-refractivity contribution in [1.82, 2.24) is 9.62 Å². The molecule has 22 heavy (non-hydrogen) atoms. The SMILES string of the molecule is CS(=O)(=O)N[C@H]1CCN2C(=O)c3ccccc3NC(=O)[C@@H]2C1. The predicted molar refractivity (Wildman–Crippen MR) is 80.9 cm³/mol. The highest BCUT2D eigenvalue weighted by molar-refractivity contribution is 7.88. The molecule has 2 aliphatic rings. The van der Waals surface area contributed by atoms with Gasteiger partial charge in [0, 0.05) is 12.6 Å². The topological polar surface area (TPSA) is 95.6 Å². The van der Waals surface area contributed by atoms with Crippen molar-refractivity contribution in [2.24, 2.45) is 0 Å². The van der Waals surface area contributed by atoms with Crippen molar-refractivity contribution < 1.29 is 18.0 Å². The van der Waals surface area contributed by atoms with Crippen LogP contribution >= 0.6 is 0 Å². The quantitative estimate of drug-likeness (QED) is 0.810. The number of anilines is 1. The fourth-order valence-electron chi connectivity index (χ4n) is 3.02. The lowest BCUT2D eigenvalue weighted by Crippen LogP contribution is -2.54. The smallest absolute Gasteiger partial charge is 0.256 e. The maximum absolute atomic E-state index is 12.6. The third kappa shape index (κ3) is 2.84. The number of fused-ring (bicyclic) bond motifs is 2. The number of carbonyl (C=O) groups excluding carboxylic acids is 2. The lowest BCUT2D eigenvalue weighted by Gasteiger charge is -2.37. The Bertz CT molecular complexity index is 731. The van der Waals surface area contributed by atoms with Crippen LogP contribution in [0.1, 0.15) is 23.2 Å². The van der Waals surface area contributed by atoms with Crippen LogP contribution in [0.4, 0.5) is 5.69 Å². The predicted octanol–water partition coefficient (Wildman–Crippen LogP) is 0.161. The van der Waals surface area contributed by atoms with Gasteiger partial charge in [0.2, 0.25) is 15.9 Å². The molecule has 3 rings (SSSR count). The molecule has 1 aromatic rings. The van der Waals surface area contributed by atoms with Gasteiger partial charge in [0.1, 0.15) is 6.04 Å². The summed E-state index contributed by atoms with van der Waals surface area (Å²) in [5.41, 5.74) is 0.965. The number of benzene rings is 1. The summed E-state index contributed by atoms with van der Waals surface area (Å²) >= 11 is 0. The maximum atomic E-state index is 12.6. The minimum Gasteiger partial charge on any atom is -0.326 e. The van der Waals surface area contributed by atoms with Gasteiger partial charge in [-0.15, -0.1) is 0 Å². The second kappa shape index (κ2) is 5.36. The first-order valence-corrected chi connectivity index (χ1v) is 8.92. The van der Waals surface area contributed by atoms with Gasteiger partial charge < -0.3 is 10.2 Å². The molecule has 0 aromatic heterocycles. The molecule has 2 amide bonds. The van der Waals surface area contributed by atoms with Gasteiger partial charge >= 0.3 is 0 Å². The van der Waals surface area contributed by atoms with Crippen molar-refractivity contribution in [2.45, 2.75) is 24.9 Å². The molecule has 0 unspecified atom stereocenters. The molecule has 7 nitrogen and oxygen atoms in total. The highest BCUT2D eigenvalue weighted by Gasteiger charge is 2.40. The molecule has 2 N–H and O–H groups in total. The maximum Gasteiger partial charge on any atom is 0.256 e. The van der Waals surface area contributed by atoms with Crippen LogP contribution in [0.3, 0.4) is 0 Å². The Kier molecular flexibility index (Phi) is 3.65. The number of piperidine rings is 1. The van der Waals surface area contributed by atoms with Crippen LogP contribution in [0.5, 0.6) is 0 Å². The number of nitrogens with one attached hydrogen (secondary N) is 2. The molecule has 0 radical (unpaired) electrons. The zero-order valence-corrected chi connectivity index (χ0v) is 12.9. The zero-order chi connectivity index (χ0) is 15.9. The van der Waals surface area contributed by atoms with Crippen LogP contribution in [0.15, 0.2) is 24.3 Å². The van der Waals surface area contributed by atoms with Crippen molar-refractivity contribution in [3.8, 4) is 0 Å². The van der Waals surface area contributed by atoms with Crippen LogP contribution in [-0.4, -0.2) is 50.0 Å². The molecule has 8 heteroatoms. The number of carbonyl (C=O) groups is 2. The fraction of sp³-hybridized carbons (Fsp3) is 0.429. The molecule has 0 spiro atoms. The highest BCUT2D eigenvalue weighted by atomic mass is 32.2. The van der Waals surface area contributed by atoms with E-state index in [1.54, 1.807) is 24.3 Å². The first-order valence-electron chi connectivity index (χ1n) is 7.03. The largest absolute Gasteiger partial charge is 0.326 e. The molecule has 1 fully saturated rings. The number of hydrogen-bond acceptors (Lipinski definition) is 4. The van der Waals surface area contributed by atoms with Crippen molar-refractivity contribution >= 4 is 27.5 Å². The zero-order valence-electron chi connectivity index (χ0n) is 12.1. The summed E-state index contributed by atoms with van der Waals surface area (Å²) in [6.07, 6.45) is 1.86. The summed E-state index contributed by atoms with van der Waals surface area (Å²) in [6.45, 7) is 0.346. The van der Waals surface area contributed by atoms with E-state index in [9.17, 15) is 18.0 Å². The number of amides is 2. The molecule has 2 heterocycles. The van der Waals surface area contributed by atoms with Gasteiger partial charge in [0.15, 0.2) is 0 Å². The van der Waals surface area contributed by atoms with Crippen LogP contribution < -0.4 is 10.0 Å². The van der Waals surface area contributed by atoms with Gasteiger partial charge in [0.25, 0.3) is 5.91 Å². The second-order valence-electron chi connectivity index (χ2n) is 5.66. The van der Waals surface area contributed by atoms with E-state index in [2.05, 4.69) is 10.0 Å². The van der Waals surface area contributed by atoms with Crippen molar-refractivity contribution in [3.05, 3.63) is 29.8 Å². The normalized spacial score (nSPS) is 25.0. The van der Waals surface area contributed by atoms with Gasteiger partial charge in [-0.05, 0) is 25.0 Å². The van der Waals surface area contributed by atoms with Crippen LogP contribution in [0, 0.1) is 0 Å². The lowest BCUT2D eigenvalue weighted by atomic mass is 9.97. The van der Waals surface area contributed by atoms with E-state index >= 15 is 0 Å². The molecule has 0 bridgehead atoms. The van der Waals surface area contributed by atoms with Gasteiger partial charge in [-0.25, -0.2) is 13.1 Å². The summed E-state index contributed by atoms with van der Waals surface area (Å²) in [5, 5.41) is 2.76. The molecule has 2 atom stereocenters. The third-order valence-corrected chi connectivity index (χ3v) is 4.72. The van der Waals surface area contributed by atoms with E-state index < -0.39 is 16.1 Å². The van der Waals surface area contributed by atoms with E-state index in [4.69, 9.17) is 0 Å². The van der Waals surface area contributed by atoms with E-state index in [-0.39, 0.29) is 24.3 Å². The molecular weight excluding hydrogens is 306 g/mol. The van der Waals surface area contributed by atoms with Gasteiger partial charge in [-0.2, -0.15) is 0 Å². The van der Waals surface area contributed by atoms with E-state index in [1.807, 2.05) is 0 Å². The van der Waals surface area contributed by atoms with Crippen molar-refractivity contribution in [3.63, 3.8) is 0 Å². The van der Waals surface area contributed by atoms with Crippen LogP contribution in [-0.2, 0) is 14.8 Å². The summed E-state index contributed by atoms with van der Waals surface area (Å²) < 4.78 is 25.2. The molecule has 0 aliphatic carbocycles. The summed E-state index contributed by atoms with van der Waals surface area (Å²) in [5.74, 6) is -0.477. The van der Waals surface area contributed by atoms with E-state index in [1.165, 1.54) is 4.90 Å². The number of hydrogen-bond donors (Lipinski definition) is 2. The first kappa shape index (κ1) is 15.0. The van der Waals surface area contributed by atoms with Crippen LogP contribution in [0.25, 0.3) is 0 Å². The summed E-state index contributed by atoms with van der Waals surface area (Å²) in [6, 6.07) is 5.88. The molecule has 1 saturated heterocycles. The molecule has 118 valence electrons. The Morgan fingerprint density at radius 2 is 2.00 bits per heavy atom. The van der Waals surface area contributed by atoms with E-state index in [0.29, 0.717) is 24.2 Å². The highest BCUT2D eigenvalue weighted by Crippen LogP contribution is 2.28. The Hall–Kier alpha value is -1.93. The summed E-state index contributed by atoms with van der Waals surface area (Å²) in [4.78, 5) is 26.5. The minimum atomic E-state index is -3.34. The lowest BCUT2D eigenvalue weighted by molar-refractivity contribution is -0.121. The second-order valence-corrected chi connectivity index (χ2v) is 7.44. The molecule has 0 saturated carbocycles. The van der Waals surface area contributed by atoms with Crippen LogP contribution in [0.2, 0.25) is 0 Å². The van der Waals surface area contributed by atoms with Gasteiger partial charge in [-0.1, -0.05) is 12.1 Å². The summed E-state index contributed by atoms with van der Waals surface area (Å²) in [7, 11) is -3.34. The van der Waals surface area contributed by atoms with Crippen molar-refractivity contribution in [1.29, 1.82) is 0 Å². The average Bonchev–Trinajstić information content (AvgIpc) is 2.54. The molecule has 2 aliphatic heterocycles. The fourth-order valence-corrected chi connectivity index (χ4v) is 3.84. The monoisotopic (exact) mass is 323 g/mol. The Balaban J connectivity index is 1.88. The Morgan fingerprint density at radius 3 is 2.73 bits per heavy atom.